The zero-order valence-electron chi connectivity index (χ0n) is 18.6. The van der Waals surface area contributed by atoms with Crippen LogP contribution in [0.5, 0.6) is 0 Å². The van der Waals surface area contributed by atoms with E-state index in [1.54, 1.807) is 0 Å². The van der Waals surface area contributed by atoms with E-state index in [1.807, 2.05) is 0 Å². The van der Waals surface area contributed by atoms with Crippen LogP contribution in [0.25, 0.3) is 5.41 Å². The molecule has 0 aliphatic heterocycles. The van der Waals surface area contributed by atoms with Crippen molar-refractivity contribution in [2.75, 3.05) is 0 Å². The van der Waals surface area contributed by atoms with Crippen LogP contribution in [0, 0.1) is 22.7 Å². The maximum atomic E-state index is 7.79. The molecular formula is C24H39N5. The molecule has 0 fully saturated rings. The van der Waals surface area contributed by atoms with Gasteiger partial charge in [0.25, 0.3) is 0 Å². The van der Waals surface area contributed by atoms with Gasteiger partial charge in [0.05, 0.1) is 13.6 Å². The summed E-state index contributed by atoms with van der Waals surface area (Å²) in [7, 11) is 2.09. The number of aryl methyl sites for hydroxylation is 2. The van der Waals surface area contributed by atoms with E-state index in [0.29, 0.717) is 0 Å². The summed E-state index contributed by atoms with van der Waals surface area (Å²) in [5.41, 5.74) is -0.403. The molecule has 1 aromatic heterocycles. The highest BCUT2D eigenvalue weighted by atomic mass is 15.1. The van der Waals surface area contributed by atoms with E-state index < -0.39 is 5.57 Å². The fourth-order valence-electron chi connectivity index (χ4n) is 3.20. The molecule has 5 heteroatoms. The van der Waals surface area contributed by atoms with Gasteiger partial charge in [0.1, 0.15) is 30.1 Å². The van der Waals surface area contributed by atoms with Crippen molar-refractivity contribution in [3.05, 3.63) is 29.7 Å². The summed E-state index contributed by atoms with van der Waals surface area (Å²) in [4.78, 5) is 0. The molecule has 0 aliphatic rings. The number of imidazole rings is 1. The highest BCUT2D eigenvalue weighted by Gasteiger charge is 1.99. The number of rotatable bonds is 15. The molecule has 0 radical (unpaired) electrons. The van der Waals surface area contributed by atoms with Crippen LogP contribution in [-0.2, 0) is 13.6 Å². The van der Waals surface area contributed by atoms with E-state index in [9.17, 15) is 0 Å². The van der Waals surface area contributed by atoms with Gasteiger partial charge in [-0.3, -0.25) is 0 Å². The van der Waals surface area contributed by atoms with E-state index in [-0.39, 0.29) is 0 Å². The summed E-state index contributed by atoms with van der Waals surface area (Å²) in [6, 6.07) is 2.79. The van der Waals surface area contributed by atoms with Gasteiger partial charge in [0, 0.05) is 0 Å². The summed E-state index contributed by atoms with van der Waals surface area (Å²) in [5.74, 6) is 1.40. The highest BCUT2D eigenvalue weighted by molar-refractivity contribution is 5.71. The summed E-state index contributed by atoms with van der Waals surface area (Å²) in [5, 5.41) is 23.4. The van der Waals surface area contributed by atoms with Gasteiger partial charge >= 0.3 is 0 Å². The first-order valence-corrected chi connectivity index (χ1v) is 11.3. The monoisotopic (exact) mass is 397 g/mol. The number of nitriles is 2. The Balaban J connectivity index is 0.000000956. The van der Waals surface area contributed by atoms with Crippen LogP contribution in [0.1, 0.15) is 96.8 Å². The molecule has 0 atom stereocenters. The second kappa shape index (κ2) is 20.4. The van der Waals surface area contributed by atoms with Crippen LogP contribution in [0.4, 0.5) is 0 Å². The van der Waals surface area contributed by atoms with Gasteiger partial charge < -0.3 is 5.41 Å². The normalized spacial score (nSPS) is 9.66. The molecule has 0 unspecified atom stereocenters. The molecule has 0 spiro atoms. The number of hydrogen-bond acceptors (Lipinski definition) is 2. The molecule has 0 saturated heterocycles. The topological polar surface area (TPSA) is 78.7 Å². The Morgan fingerprint density at radius 2 is 1.28 bits per heavy atom. The van der Waals surface area contributed by atoms with Gasteiger partial charge in [-0.2, -0.15) is 10.5 Å². The second-order valence-electron chi connectivity index (χ2n) is 7.62. The number of aromatic nitrogens is 2. The van der Waals surface area contributed by atoms with Crippen molar-refractivity contribution in [3.63, 3.8) is 0 Å². The molecular weight excluding hydrogens is 358 g/mol. The molecule has 1 heterocycles. The van der Waals surface area contributed by atoms with Gasteiger partial charge in [-0.1, -0.05) is 84.0 Å². The van der Waals surface area contributed by atoms with Crippen LogP contribution in [0.15, 0.2) is 24.3 Å². The van der Waals surface area contributed by atoms with Crippen molar-refractivity contribution in [2.24, 2.45) is 7.05 Å². The molecule has 1 rings (SSSR count). The summed E-state index contributed by atoms with van der Waals surface area (Å²) >= 11 is 0. The highest BCUT2D eigenvalue weighted by Crippen LogP contribution is 2.13. The smallest absolute Gasteiger partial charge is 0.243 e. The first-order valence-electron chi connectivity index (χ1n) is 11.3. The van der Waals surface area contributed by atoms with Crippen LogP contribution in [0.3, 0.4) is 0 Å². The molecule has 1 aromatic rings. The molecule has 0 saturated carbocycles. The Bertz CT molecular complexity index is 625. The largest absolute Gasteiger partial charge is 0.762 e. The summed E-state index contributed by atoms with van der Waals surface area (Å²) in [6.07, 6.45) is 26.5. The van der Waals surface area contributed by atoms with Gasteiger partial charge in [0.2, 0.25) is 6.33 Å². The minimum Gasteiger partial charge on any atom is -0.762 e. The quantitative estimate of drug-likeness (QED) is 0.158. The zero-order chi connectivity index (χ0) is 21.6. The van der Waals surface area contributed by atoms with Gasteiger partial charge in [-0.05, 0) is 12.8 Å². The Morgan fingerprint density at radius 3 is 1.59 bits per heavy atom. The predicted octanol–water partition coefficient (Wildman–Crippen LogP) is 5.99. The lowest BCUT2D eigenvalue weighted by Gasteiger charge is -2.03. The van der Waals surface area contributed by atoms with E-state index >= 15 is 0 Å². The van der Waals surface area contributed by atoms with E-state index in [0.717, 1.165) is 0 Å². The Morgan fingerprint density at radius 1 is 0.828 bits per heavy atom. The Kier molecular flexibility index (Phi) is 18.7. The number of nitrogens with zero attached hydrogens (tertiary/aromatic N) is 5. The summed E-state index contributed by atoms with van der Waals surface area (Å²) < 4.78 is 4.41. The van der Waals surface area contributed by atoms with Crippen molar-refractivity contribution in [1.29, 1.82) is 10.5 Å². The van der Waals surface area contributed by atoms with E-state index in [2.05, 4.69) is 41.8 Å². The number of hydrogen-bond donors (Lipinski definition) is 0. The van der Waals surface area contributed by atoms with Crippen LogP contribution in [0.2, 0.25) is 0 Å². The first kappa shape index (κ1) is 26.6. The van der Waals surface area contributed by atoms with E-state index in [1.165, 1.54) is 114 Å². The van der Waals surface area contributed by atoms with Crippen LogP contribution < -0.4 is 4.57 Å². The third-order valence-corrected chi connectivity index (χ3v) is 4.93. The van der Waals surface area contributed by atoms with Crippen molar-refractivity contribution in [3.8, 4) is 12.1 Å². The lowest BCUT2D eigenvalue weighted by molar-refractivity contribution is -0.671. The van der Waals surface area contributed by atoms with Crippen LogP contribution >= 0.6 is 0 Å². The van der Waals surface area contributed by atoms with E-state index in [4.69, 9.17) is 15.9 Å². The third-order valence-electron chi connectivity index (χ3n) is 4.93. The Labute approximate surface area is 178 Å². The zero-order valence-corrected chi connectivity index (χ0v) is 18.6. The summed E-state index contributed by atoms with van der Waals surface area (Å²) in [6.45, 7) is 3.47. The molecule has 29 heavy (non-hydrogen) atoms. The predicted molar refractivity (Wildman–Crippen MR) is 119 cm³/mol. The molecule has 0 bridgehead atoms. The standard InChI is InChI=1S/C20H39N2.C4N3/c1-3-4-5-6-7-8-9-10-11-12-13-14-15-16-17-22-19-18-21(2)20-22;5-1-4(2-6)3-7/h18-20H,3-17H2,1-2H3;/q+1;-1. The average molecular weight is 398 g/mol. The number of unbranched alkanes of at least 4 members (excludes halogenated alkanes) is 13. The molecule has 0 aromatic carbocycles. The lowest BCUT2D eigenvalue weighted by atomic mass is 10.0. The van der Waals surface area contributed by atoms with Crippen LogP contribution in [-0.4, -0.2) is 10.4 Å². The molecule has 5 nitrogen and oxygen atoms in total. The average Bonchev–Trinajstić information content (AvgIpc) is 3.15. The third kappa shape index (κ3) is 17.5. The van der Waals surface area contributed by atoms with Gasteiger partial charge in [-0.25, -0.2) is 15.0 Å². The first-order chi connectivity index (χ1) is 14.2. The van der Waals surface area contributed by atoms with Gasteiger partial charge in [0.15, 0.2) is 0 Å². The fraction of sp³-hybridized carbons (Fsp3) is 0.708. The minimum absolute atomic E-state index is 0.403. The SMILES string of the molecule is CCCCCCCCCCCCCCCCn1cc[n+](C)c1.N#CC(=C=[N-])C#N. The molecule has 0 N–H and O–H groups in total. The molecule has 160 valence electrons. The maximum absolute atomic E-state index is 7.79. The van der Waals surface area contributed by atoms with Crippen molar-refractivity contribution in [2.45, 2.75) is 103 Å². The van der Waals surface area contributed by atoms with Crippen molar-refractivity contribution >= 4 is 5.87 Å². The molecule has 0 amide bonds. The van der Waals surface area contributed by atoms with Crippen molar-refractivity contribution in [1.82, 2.24) is 4.57 Å². The molecule has 0 aliphatic carbocycles. The maximum Gasteiger partial charge on any atom is 0.243 e. The second-order valence-corrected chi connectivity index (χ2v) is 7.62. The lowest BCUT2D eigenvalue weighted by Crippen LogP contribution is -2.23. The fourth-order valence-corrected chi connectivity index (χ4v) is 3.20. The van der Waals surface area contributed by atoms with Gasteiger partial charge in [-0.15, -0.1) is 0 Å². The Hall–Kier alpha value is -2.36. The number of allylic oxidation sites excluding steroid dienone is 1. The van der Waals surface area contributed by atoms with Crippen molar-refractivity contribution < 1.29 is 4.57 Å². The minimum atomic E-state index is -0.403.